The summed E-state index contributed by atoms with van der Waals surface area (Å²) < 4.78 is 0. The predicted molar refractivity (Wildman–Crippen MR) is 91.2 cm³/mol. The second-order valence-electron chi connectivity index (χ2n) is 4.95. The summed E-state index contributed by atoms with van der Waals surface area (Å²) in [6.07, 6.45) is 4.14. The number of anilines is 2. The maximum Gasteiger partial charge on any atom is 0.137 e. The normalized spacial score (nSPS) is 12.3. The molecule has 0 fully saturated rings. The Bertz CT molecular complexity index is 423. The Labute approximate surface area is 127 Å². The fourth-order valence-corrected chi connectivity index (χ4v) is 3.10. The fraction of sp³-hybridized carbons (Fsp3) is 0.733. The molecule has 0 saturated heterocycles. The van der Waals surface area contributed by atoms with E-state index in [9.17, 15) is 0 Å². The molecule has 0 radical (unpaired) electrons. The Balaban J connectivity index is 3.17. The smallest absolute Gasteiger partial charge is 0.137 e. The van der Waals surface area contributed by atoms with Crippen molar-refractivity contribution in [1.29, 1.82) is 0 Å². The molecule has 20 heavy (non-hydrogen) atoms. The zero-order valence-electron chi connectivity index (χ0n) is 13.7. The van der Waals surface area contributed by atoms with Gasteiger partial charge in [-0.2, -0.15) is 11.8 Å². The molecular formula is C15H28N4S. The number of nitrogens with zero attached hydrogens (tertiary/aromatic N) is 3. The van der Waals surface area contributed by atoms with Crippen molar-refractivity contribution in [2.45, 2.75) is 46.6 Å². The molecule has 5 heteroatoms. The third-order valence-electron chi connectivity index (χ3n) is 3.54. The van der Waals surface area contributed by atoms with Crippen LogP contribution >= 0.6 is 11.8 Å². The van der Waals surface area contributed by atoms with E-state index in [1.54, 1.807) is 0 Å². The predicted octanol–water partition coefficient (Wildman–Crippen LogP) is 3.36. The minimum atomic E-state index is 0.512. The van der Waals surface area contributed by atoms with E-state index in [0.717, 1.165) is 48.2 Å². The van der Waals surface area contributed by atoms with Crippen molar-refractivity contribution in [1.82, 2.24) is 9.97 Å². The highest BCUT2D eigenvalue weighted by Gasteiger charge is 2.19. The van der Waals surface area contributed by atoms with Gasteiger partial charge in [0.2, 0.25) is 0 Å². The molecule has 1 aromatic heterocycles. The molecule has 0 aromatic carbocycles. The van der Waals surface area contributed by atoms with Gasteiger partial charge in [0.1, 0.15) is 17.5 Å². The maximum atomic E-state index is 4.75. The summed E-state index contributed by atoms with van der Waals surface area (Å²) in [4.78, 5) is 11.7. The van der Waals surface area contributed by atoms with Crippen molar-refractivity contribution >= 4 is 23.4 Å². The van der Waals surface area contributed by atoms with Gasteiger partial charge < -0.3 is 10.2 Å². The van der Waals surface area contributed by atoms with E-state index in [0.29, 0.717) is 6.04 Å². The van der Waals surface area contributed by atoms with Gasteiger partial charge >= 0.3 is 0 Å². The van der Waals surface area contributed by atoms with Crippen LogP contribution in [0.4, 0.5) is 11.6 Å². The van der Waals surface area contributed by atoms with Crippen LogP contribution in [0.25, 0.3) is 0 Å². The number of hydrogen-bond acceptors (Lipinski definition) is 5. The summed E-state index contributed by atoms with van der Waals surface area (Å²) in [6.45, 7) is 9.42. The molecule has 1 aromatic rings. The first-order chi connectivity index (χ1) is 9.58. The largest absolute Gasteiger partial charge is 0.370 e. The van der Waals surface area contributed by atoms with E-state index in [-0.39, 0.29) is 0 Å². The number of aryl methyl sites for hydroxylation is 1. The Kier molecular flexibility index (Phi) is 7.13. The van der Waals surface area contributed by atoms with Crippen LogP contribution in [0.5, 0.6) is 0 Å². The molecular weight excluding hydrogens is 268 g/mol. The second kappa shape index (κ2) is 8.35. The van der Waals surface area contributed by atoms with E-state index in [2.05, 4.69) is 56.2 Å². The molecule has 0 spiro atoms. The van der Waals surface area contributed by atoms with E-state index in [1.807, 2.05) is 11.8 Å². The van der Waals surface area contributed by atoms with Gasteiger partial charge in [-0.1, -0.05) is 13.8 Å². The first-order valence-electron chi connectivity index (χ1n) is 7.42. The van der Waals surface area contributed by atoms with Crippen molar-refractivity contribution in [3.05, 3.63) is 11.4 Å². The third-order valence-corrected chi connectivity index (χ3v) is 4.26. The van der Waals surface area contributed by atoms with E-state index < -0.39 is 0 Å². The van der Waals surface area contributed by atoms with Crippen molar-refractivity contribution in [3.63, 3.8) is 0 Å². The molecule has 4 nitrogen and oxygen atoms in total. The summed E-state index contributed by atoms with van der Waals surface area (Å²) in [5, 5.41) is 3.35. The van der Waals surface area contributed by atoms with Gasteiger partial charge in [-0.05, 0) is 26.5 Å². The fourth-order valence-electron chi connectivity index (χ4n) is 2.26. The van der Waals surface area contributed by atoms with Crippen LogP contribution in [0.1, 0.15) is 38.6 Å². The van der Waals surface area contributed by atoms with Gasteiger partial charge in [0.15, 0.2) is 0 Å². The van der Waals surface area contributed by atoms with E-state index in [1.165, 1.54) is 0 Å². The molecule has 0 aliphatic rings. The van der Waals surface area contributed by atoms with Gasteiger partial charge in [-0.25, -0.2) is 9.97 Å². The molecule has 0 aliphatic carbocycles. The van der Waals surface area contributed by atoms with Gasteiger partial charge in [0, 0.05) is 37.4 Å². The first kappa shape index (κ1) is 17.1. The summed E-state index contributed by atoms with van der Waals surface area (Å²) in [7, 11) is 2.15. The topological polar surface area (TPSA) is 41.1 Å². The lowest BCUT2D eigenvalue weighted by atomic mass is 10.2. The van der Waals surface area contributed by atoms with Gasteiger partial charge in [0.25, 0.3) is 0 Å². The van der Waals surface area contributed by atoms with E-state index >= 15 is 0 Å². The quantitative estimate of drug-likeness (QED) is 0.796. The van der Waals surface area contributed by atoms with Crippen LogP contribution in [-0.4, -0.2) is 41.6 Å². The minimum Gasteiger partial charge on any atom is -0.370 e. The highest BCUT2D eigenvalue weighted by molar-refractivity contribution is 7.98. The average Bonchev–Trinajstić information content (AvgIpc) is 2.46. The molecule has 1 atom stereocenters. The zero-order chi connectivity index (χ0) is 15.1. The maximum absolute atomic E-state index is 4.75. The van der Waals surface area contributed by atoms with Crippen LogP contribution in [0.2, 0.25) is 0 Å². The molecule has 1 N–H and O–H groups in total. The molecule has 0 bridgehead atoms. The molecule has 1 unspecified atom stereocenters. The first-order valence-corrected chi connectivity index (χ1v) is 8.81. The van der Waals surface area contributed by atoms with Crippen LogP contribution in [0, 0.1) is 6.92 Å². The van der Waals surface area contributed by atoms with Gasteiger partial charge in [-0.3, -0.25) is 0 Å². The lowest BCUT2D eigenvalue weighted by molar-refractivity contribution is 0.661. The average molecular weight is 296 g/mol. The van der Waals surface area contributed by atoms with Crippen molar-refractivity contribution in [3.8, 4) is 0 Å². The Morgan fingerprint density at radius 2 is 1.95 bits per heavy atom. The number of nitrogens with one attached hydrogen (secondary N) is 1. The van der Waals surface area contributed by atoms with Crippen LogP contribution in [-0.2, 0) is 6.42 Å². The Hall–Kier alpha value is -0.970. The van der Waals surface area contributed by atoms with Crippen molar-refractivity contribution in [2.75, 3.05) is 35.8 Å². The van der Waals surface area contributed by atoms with Gasteiger partial charge in [0.05, 0.1) is 0 Å². The lowest BCUT2D eigenvalue weighted by Gasteiger charge is -2.30. The SMILES string of the molecule is CCNc1nc(CC)nc(N(C)C(CC)CSC)c1C. The lowest BCUT2D eigenvalue weighted by Crippen LogP contribution is -2.34. The van der Waals surface area contributed by atoms with Crippen molar-refractivity contribution in [2.24, 2.45) is 0 Å². The van der Waals surface area contributed by atoms with Crippen LogP contribution in [0.15, 0.2) is 0 Å². The van der Waals surface area contributed by atoms with Gasteiger partial charge in [-0.15, -0.1) is 0 Å². The summed E-state index contributed by atoms with van der Waals surface area (Å²) in [5.41, 5.74) is 1.14. The monoisotopic (exact) mass is 296 g/mol. The molecule has 114 valence electrons. The number of thioether (sulfide) groups is 1. The second-order valence-corrected chi connectivity index (χ2v) is 5.86. The van der Waals surface area contributed by atoms with Crippen LogP contribution in [0.3, 0.4) is 0 Å². The molecule has 0 aliphatic heterocycles. The number of hydrogen-bond donors (Lipinski definition) is 1. The summed E-state index contributed by atoms with van der Waals surface area (Å²) in [5.74, 6) is 4.07. The third kappa shape index (κ3) is 4.01. The molecule has 0 amide bonds. The van der Waals surface area contributed by atoms with Crippen LogP contribution < -0.4 is 10.2 Å². The molecule has 1 heterocycles. The minimum absolute atomic E-state index is 0.512. The molecule has 1 rings (SSSR count). The Morgan fingerprint density at radius 3 is 2.45 bits per heavy atom. The highest BCUT2D eigenvalue weighted by atomic mass is 32.2. The van der Waals surface area contributed by atoms with E-state index in [4.69, 9.17) is 4.98 Å². The van der Waals surface area contributed by atoms with Crippen molar-refractivity contribution < 1.29 is 0 Å². The number of aromatic nitrogens is 2. The Morgan fingerprint density at radius 1 is 1.25 bits per heavy atom. The summed E-state index contributed by atoms with van der Waals surface area (Å²) in [6, 6.07) is 0.512. The highest BCUT2D eigenvalue weighted by Crippen LogP contribution is 2.25. The molecule has 0 saturated carbocycles. The number of rotatable bonds is 8. The summed E-state index contributed by atoms with van der Waals surface area (Å²) >= 11 is 1.89. The zero-order valence-corrected chi connectivity index (χ0v) is 14.5. The standard InChI is InChI=1S/C15H28N4S/c1-7-12(10-20-6)19(5)15-11(4)14(16-9-3)17-13(8-2)18-15/h12H,7-10H2,1-6H3,(H,16,17,18).